The topological polar surface area (TPSA) is 15.6 Å². The van der Waals surface area contributed by atoms with Crippen LogP contribution in [-0.4, -0.2) is 37.3 Å². The Hall–Kier alpha value is -0.630. The Morgan fingerprint density at radius 1 is 1.50 bits per heavy atom. The van der Waals surface area contributed by atoms with Gasteiger partial charge in [-0.3, -0.25) is 4.99 Å². The summed E-state index contributed by atoms with van der Waals surface area (Å²) < 4.78 is 0. The SMILES string of the molecule is CN1CCCC1[C@H]1C=CC=NC1. The zero-order chi connectivity index (χ0) is 8.39. The minimum Gasteiger partial charge on any atom is -0.303 e. The first-order valence-electron chi connectivity index (χ1n) is 4.75. The lowest BCUT2D eigenvalue weighted by atomic mass is 9.96. The molecule has 0 radical (unpaired) electrons. The van der Waals surface area contributed by atoms with Crippen LogP contribution in [0.5, 0.6) is 0 Å². The maximum atomic E-state index is 4.30. The Balaban J connectivity index is 1.99. The van der Waals surface area contributed by atoms with Gasteiger partial charge in [-0.05, 0) is 32.5 Å². The van der Waals surface area contributed by atoms with E-state index >= 15 is 0 Å². The third-order valence-corrected chi connectivity index (χ3v) is 2.94. The van der Waals surface area contributed by atoms with E-state index in [1.807, 2.05) is 6.21 Å². The molecule has 1 unspecified atom stereocenters. The summed E-state index contributed by atoms with van der Waals surface area (Å²) in [6.07, 6.45) is 9.00. The number of rotatable bonds is 1. The van der Waals surface area contributed by atoms with Crippen molar-refractivity contribution in [1.29, 1.82) is 0 Å². The van der Waals surface area contributed by atoms with Gasteiger partial charge in [0.2, 0.25) is 0 Å². The van der Waals surface area contributed by atoms with Crippen LogP contribution >= 0.6 is 0 Å². The molecule has 2 rings (SSSR count). The van der Waals surface area contributed by atoms with Crippen LogP contribution in [0.1, 0.15) is 12.8 Å². The summed E-state index contributed by atoms with van der Waals surface area (Å²) in [5, 5.41) is 0. The molecule has 0 spiro atoms. The Bertz CT molecular complexity index is 208. The first-order chi connectivity index (χ1) is 5.88. The first-order valence-corrected chi connectivity index (χ1v) is 4.75. The van der Waals surface area contributed by atoms with Crippen LogP contribution in [0.3, 0.4) is 0 Å². The third-order valence-electron chi connectivity index (χ3n) is 2.94. The van der Waals surface area contributed by atoms with Crippen molar-refractivity contribution in [2.24, 2.45) is 10.9 Å². The molecule has 0 saturated carbocycles. The van der Waals surface area contributed by atoms with Crippen LogP contribution in [0.25, 0.3) is 0 Å². The number of allylic oxidation sites excluding steroid dienone is 1. The summed E-state index contributed by atoms with van der Waals surface area (Å²) in [6.45, 7) is 2.25. The minimum absolute atomic E-state index is 0.669. The Labute approximate surface area is 74.0 Å². The quantitative estimate of drug-likeness (QED) is 0.571. The van der Waals surface area contributed by atoms with Gasteiger partial charge in [0.15, 0.2) is 0 Å². The highest BCUT2D eigenvalue weighted by Gasteiger charge is 2.27. The molecule has 0 aromatic rings. The molecule has 0 aromatic carbocycles. The molecule has 2 heteroatoms. The second kappa shape index (κ2) is 3.40. The molecule has 0 amide bonds. The van der Waals surface area contributed by atoms with Gasteiger partial charge in [-0.1, -0.05) is 6.08 Å². The predicted molar refractivity (Wildman–Crippen MR) is 51.6 cm³/mol. The lowest BCUT2D eigenvalue weighted by molar-refractivity contribution is 0.259. The molecule has 2 heterocycles. The Morgan fingerprint density at radius 3 is 3.00 bits per heavy atom. The second-order valence-electron chi connectivity index (χ2n) is 3.75. The summed E-state index contributed by atoms with van der Waals surface area (Å²) >= 11 is 0. The number of dihydropyridines is 1. The van der Waals surface area contributed by atoms with E-state index in [9.17, 15) is 0 Å². The minimum atomic E-state index is 0.669. The monoisotopic (exact) mass is 164 g/mol. The number of aliphatic imine (C=N–C) groups is 1. The maximum absolute atomic E-state index is 4.30. The van der Waals surface area contributed by atoms with Crippen molar-refractivity contribution in [3.63, 3.8) is 0 Å². The highest BCUT2D eigenvalue weighted by Crippen LogP contribution is 2.24. The van der Waals surface area contributed by atoms with Crippen molar-refractivity contribution < 1.29 is 0 Å². The molecule has 0 aliphatic carbocycles. The van der Waals surface area contributed by atoms with Crippen molar-refractivity contribution >= 4 is 6.21 Å². The zero-order valence-electron chi connectivity index (χ0n) is 7.61. The first kappa shape index (κ1) is 7.99. The van der Waals surface area contributed by atoms with Gasteiger partial charge in [-0.2, -0.15) is 0 Å². The number of nitrogens with zero attached hydrogens (tertiary/aromatic N) is 2. The lowest BCUT2D eigenvalue weighted by Gasteiger charge is -2.26. The molecular formula is C10H16N2. The number of hydrogen-bond acceptors (Lipinski definition) is 2. The lowest BCUT2D eigenvalue weighted by Crippen LogP contribution is -2.33. The average Bonchev–Trinajstić information content (AvgIpc) is 2.53. The van der Waals surface area contributed by atoms with Gasteiger partial charge in [-0.15, -0.1) is 0 Å². The van der Waals surface area contributed by atoms with Gasteiger partial charge >= 0.3 is 0 Å². The van der Waals surface area contributed by atoms with Crippen molar-refractivity contribution in [2.75, 3.05) is 20.1 Å². The van der Waals surface area contributed by atoms with Crippen molar-refractivity contribution in [2.45, 2.75) is 18.9 Å². The largest absolute Gasteiger partial charge is 0.303 e. The molecule has 0 aromatic heterocycles. The number of likely N-dealkylation sites (tertiary alicyclic amines) is 1. The van der Waals surface area contributed by atoms with E-state index in [1.165, 1.54) is 19.4 Å². The predicted octanol–water partition coefficient (Wildman–Crippen LogP) is 1.34. The van der Waals surface area contributed by atoms with E-state index < -0.39 is 0 Å². The molecule has 1 fully saturated rings. The molecule has 2 aliphatic heterocycles. The highest BCUT2D eigenvalue weighted by atomic mass is 15.2. The molecule has 66 valence electrons. The standard InChI is InChI=1S/C10H16N2/c1-12-7-3-5-10(12)9-4-2-6-11-8-9/h2,4,6,9-10H,3,5,7-8H2,1H3/t9-,10?/m0/s1. The molecular weight excluding hydrogens is 148 g/mol. The molecule has 1 saturated heterocycles. The van der Waals surface area contributed by atoms with Crippen molar-refractivity contribution in [3.8, 4) is 0 Å². The van der Waals surface area contributed by atoms with Crippen molar-refractivity contribution in [3.05, 3.63) is 12.2 Å². The van der Waals surface area contributed by atoms with Gasteiger partial charge in [0.05, 0.1) is 0 Å². The van der Waals surface area contributed by atoms with Gasteiger partial charge in [0.1, 0.15) is 0 Å². The van der Waals surface area contributed by atoms with Gasteiger partial charge in [0.25, 0.3) is 0 Å². The highest BCUT2D eigenvalue weighted by molar-refractivity contribution is 5.72. The summed E-state index contributed by atoms with van der Waals surface area (Å²) in [7, 11) is 2.23. The van der Waals surface area contributed by atoms with Crippen LogP contribution < -0.4 is 0 Å². The average molecular weight is 164 g/mol. The Morgan fingerprint density at radius 2 is 2.42 bits per heavy atom. The normalized spacial score (nSPS) is 36.1. The smallest absolute Gasteiger partial charge is 0.0467 e. The molecule has 12 heavy (non-hydrogen) atoms. The van der Waals surface area contributed by atoms with Crippen LogP contribution in [0.2, 0.25) is 0 Å². The molecule has 2 atom stereocenters. The summed E-state index contributed by atoms with van der Waals surface area (Å²) in [5.41, 5.74) is 0. The Kier molecular flexibility index (Phi) is 2.26. The summed E-state index contributed by atoms with van der Waals surface area (Å²) in [5.74, 6) is 0.669. The zero-order valence-corrected chi connectivity index (χ0v) is 7.61. The van der Waals surface area contributed by atoms with Gasteiger partial charge in [-0.25, -0.2) is 0 Å². The van der Waals surface area contributed by atoms with E-state index in [-0.39, 0.29) is 0 Å². The van der Waals surface area contributed by atoms with E-state index in [2.05, 4.69) is 29.1 Å². The van der Waals surface area contributed by atoms with Gasteiger partial charge < -0.3 is 4.90 Å². The fourth-order valence-corrected chi connectivity index (χ4v) is 2.22. The van der Waals surface area contributed by atoms with Gasteiger partial charge in [0, 0.05) is 24.7 Å². The van der Waals surface area contributed by atoms with Crippen LogP contribution in [0, 0.1) is 5.92 Å². The maximum Gasteiger partial charge on any atom is 0.0467 e. The van der Waals surface area contributed by atoms with Crippen LogP contribution in [0.15, 0.2) is 17.1 Å². The van der Waals surface area contributed by atoms with Crippen LogP contribution in [-0.2, 0) is 0 Å². The van der Waals surface area contributed by atoms with E-state index in [4.69, 9.17) is 0 Å². The fourth-order valence-electron chi connectivity index (χ4n) is 2.22. The second-order valence-corrected chi connectivity index (χ2v) is 3.75. The van der Waals surface area contributed by atoms with E-state index in [0.717, 1.165) is 12.6 Å². The van der Waals surface area contributed by atoms with E-state index in [1.54, 1.807) is 0 Å². The summed E-state index contributed by atoms with van der Waals surface area (Å²) in [6, 6.07) is 0.749. The third kappa shape index (κ3) is 1.44. The van der Waals surface area contributed by atoms with E-state index in [0.29, 0.717) is 5.92 Å². The number of hydrogen-bond donors (Lipinski definition) is 0. The molecule has 2 nitrogen and oxygen atoms in total. The van der Waals surface area contributed by atoms with Crippen molar-refractivity contribution in [1.82, 2.24) is 4.90 Å². The summed E-state index contributed by atoms with van der Waals surface area (Å²) in [4.78, 5) is 6.77. The molecule has 2 aliphatic rings. The van der Waals surface area contributed by atoms with Crippen LogP contribution in [0.4, 0.5) is 0 Å². The fraction of sp³-hybridized carbons (Fsp3) is 0.700. The molecule has 0 bridgehead atoms. The molecule has 0 N–H and O–H groups in total.